The van der Waals surface area contributed by atoms with Gasteiger partial charge in [-0.25, -0.2) is 4.79 Å². The minimum atomic E-state index is -0.670. The number of hydrogen-bond donors (Lipinski definition) is 1. The highest BCUT2D eigenvalue weighted by atomic mass is 35.5. The molecule has 0 bridgehead atoms. The third kappa shape index (κ3) is 3.43. The van der Waals surface area contributed by atoms with Gasteiger partial charge in [-0.2, -0.15) is 0 Å². The molecule has 1 atom stereocenters. The maximum absolute atomic E-state index is 12.0. The molecule has 2 heterocycles. The molecular formula is C16H14ClN3O3. The van der Waals surface area contributed by atoms with Crippen LogP contribution in [0.4, 0.5) is 0 Å². The van der Waals surface area contributed by atoms with E-state index in [-0.39, 0.29) is 11.6 Å². The third-order valence-electron chi connectivity index (χ3n) is 3.24. The van der Waals surface area contributed by atoms with E-state index in [1.807, 2.05) is 31.2 Å². The van der Waals surface area contributed by atoms with Crippen molar-refractivity contribution in [2.75, 3.05) is 0 Å². The molecule has 1 N–H and O–H groups in total. The van der Waals surface area contributed by atoms with Gasteiger partial charge in [0, 0.05) is 11.8 Å². The number of ether oxygens (including phenoxy) is 1. The van der Waals surface area contributed by atoms with Gasteiger partial charge in [0.15, 0.2) is 6.10 Å². The molecular weight excluding hydrogens is 318 g/mol. The number of aromatic nitrogens is 3. The summed E-state index contributed by atoms with van der Waals surface area (Å²) in [4.78, 5) is 14.7. The molecule has 0 aliphatic heterocycles. The number of nitrogens with one attached hydrogen (secondary N) is 1. The van der Waals surface area contributed by atoms with Gasteiger partial charge >= 0.3 is 5.97 Å². The summed E-state index contributed by atoms with van der Waals surface area (Å²) in [5.41, 5.74) is 2.21. The Balaban J connectivity index is 1.72. The van der Waals surface area contributed by atoms with Gasteiger partial charge in [0.25, 0.3) is 5.89 Å². The zero-order valence-corrected chi connectivity index (χ0v) is 13.3. The maximum atomic E-state index is 12.0. The van der Waals surface area contributed by atoms with Crippen molar-refractivity contribution in [2.24, 2.45) is 0 Å². The standard InChI is InChI=1S/C16H14ClN3O3/c1-9-3-5-11(6-4-9)15-20-19-14(23-15)10(2)22-16(21)13-7-12(17)8-18-13/h3-8,10,18H,1-2H3/t10-/m0/s1. The predicted molar refractivity (Wildman–Crippen MR) is 84.1 cm³/mol. The van der Waals surface area contributed by atoms with Crippen molar-refractivity contribution in [1.82, 2.24) is 15.2 Å². The molecule has 6 nitrogen and oxygen atoms in total. The van der Waals surface area contributed by atoms with Gasteiger partial charge in [0.2, 0.25) is 5.89 Å². The number of rotatable bonds is 4. The number of H-pyrrole nitrogens is 1. The van der Waals surface area contributed by atoms with Gasteiger partial charge in [-0.1, -0.05) is 29.3 Å². The minimum Gasteiger partial charge on any atom is -0.448 e. The molecule has 0 aliphatic carbocycles. The maximum Gasteiger partial charge on any atom is 0.355 e. The smallest absolute Gasteiger partial charge is 0.355 e. The van der Waals surface area contributed by atoms with Gasteiger partial charge < -0.3 is 14.1 Å². The Kier molecular flexibility index (Phi) is 4.16. The first-order valence-electron chi connectivity index (χ1n) is 6.98. The van der Waals surface area contributed by atoms with Gasteiger partial charge in [0.1, 0.15) is 5.69 Å². The summed E-state index contributed by atoms with van der Waals surface area (Å²) >= 11 is 5.76. The molecule has 23 heavy (non-hydrogen) atoms. The molecule has 118 valence electrons. The molecule has 0 saturated heterocycles. The summed E-state index contributed by atoms with van der Waals surface area (Å²) in [7, 11) is 0. The highest BCUT2D eigenvalue weighted by Gasteiger charge is 2.20. The van der Waals surface area contributed by atoms with Crippen molar-refractivity contribution in [2.45, 2.75) is 20.0 Å². The number of carbonyl (C=O) groups is 1. The molecule has 0 aliphatic rings. The number of halogens is 1. The second kappa shape index (κ2) is 6.26. The van der Waals surface area contributed by atoms with Crippen LogP contribution in [-0.4, -0.2) is 21.2 Å². The summed E-state index contributed by atoms with van der Waals surface area (Å²) in [5.74, 6) is 0.0666. The number of aromatic amines is 1. The van der Waals surface area contributed by atoms with Crippen LogP contribution in [0.25, 0.3) is 11.5 Å². The van der Waals surface area contributed by atoms with Crippen LogP contribution >= 0.6 is 11.6 Å². The number of esters is 1. The van der Waals surface area contributed by atoms with Crippen LogP contribution in [0.15, 0.2) is 40.9 Å². The zero-order valence-electron chi connectivity index (χ0n) is 12.5. The monoisotopic (exact) mass is 331 g/mol. The van der Waals surface area contributed by atoms with E-state index in [9.17, 15) is 4.79 Å². The van der Waals surface area contributed by atoms with Crippen LogP contribution < -0.4 is 0 Å². The van der Waals surface area contributed by atoms with Crippen LogP contribution in [0.5, 0.6) is 0 Å². The molecule has 3 aromatic rings. The van der Waals surface area contributed by atoms with Gasteiger partial charge in [-0.15, -0.1) is 10.2 Å². The van der Waals surface area contributed by atoms with E-state index in [0.717, 1.165) is 11.1 Å². The average Bonchev–Trinajstić information content (AvgIpc) is 3.17. The Hall–Kier alpha value is -2.60. The Bertz CT molecular complexity index is 823. The lowest BCUT2D eigenvalue weighted by atomic mass is 10.1. The molecule has 0 saturated carbocycles. The average molecular weight is 332 g/mol. The summed E-state index contributed by atoms with van der Waals surface area (Å²) in [5, 5.41) is 8.36. The van der Waals surface area contributed by atoms with Crippen LogP contribution in [0.3, 0.4) is 0 Å². The zero-order chi connectivity index (χ0) is 16.4. The van der Waals surface area contributed by atoms with Crippen molar-refractivity contribution in [3.8, 4) is 11.5 Å². The fourth-order valence-corrected chi connectivity index (χ4v) is 2.14. The fraction of sp³-hybridized carbons (Fsp3) is 0.188. The fourth-order valence-electron chi connectivity index (χ4n) is 1.97. The number of benzene rings is 1. The van der Waals surface area contributed by atoms with E-state index < -0.39 is 12.1 Å². The molecule has 0 radical (unpaired) electrons. The second-order valence-corrected chi connectivity index (χ2v) is 5.53. The number of hydrogen-bond acceptors (Lipinski definition) is 5. The topological polar surface area (TPSA) is 81.0 Å². The minimum absolute atomic E-state index is 0.228. The van der Waals surface area contributed by atoms with E-state index in [4.69, 9.17) is 20.8 Å². The molecule has 0 fully saturated rings. The Morgan fingerprint density at radius 3 is 2.70 bits per heavy atom. The molecule has 0 spiro atoms. The van der Waals surface area contributed by atoms with Crippen molar-refractivity contribution in [3.63, 3.8) is 0 Å². The van der Waals surface area contributed by atoms with Crippen LogP contribution in [0, 0.1) is 6.92 Å². The largest absolute Gasteiger partial charge is 0.448 e. The molecule has 7 heteroatoms. The van der Waals surface area contributed by atoms with E-state index >= 15 is 0 Å². The van der Waals surface area contributed by atoms with Crippen molar-refractivity contribution in [1.29, 1.82) is 0 Å². The van der Waals surface area contributed by atoms with E-state index in [1.165, 1.54) is 12.3 Å². The summed E-state index contributed by atoms with van der Waals surface area (Å²) in [6, 6.07) is 9.19. The normalized spacial score (nSPS) is 12.1. The SMILES string of the molecule is Cc1ccc(-c2nnc([C@H](C)OC(=O)c3cc(Cl)c[nH]3)o2)cc1. The van der Waals surface area contributed by atoms with Gasteiger partial charge in [-0.05, 0) is 32.0 Å². The summed E-state index contributed by atoms with van der Waals surface area (Å²) < 4.78 is 10.9. The first-order chi connectivity index (χ1) is 11.0. The lowest BCUT2D eigenvalue weighted by Gasteiger charge is -2.07. The van der Waals surface area contributed by atoms with Crippen LogP contribution in [0.2, 0.25) is 5.02 Å². The van der Waals surface area contributed by atoms with E-state index in [0.29, 0.717) is 10.9 Å². The lowest BCUT2D eigenvalue weighted by molar-refractivity contribution is 0.0274. The number of carbonyl (C=O) groups excluding carboxylic acids is 1. The van der Waals surface area contributed by atoms with Crippen molar-refractivity contribution in [3.05, 3.63) is 58.7 Å². The van der Waals surface area contributed by atoms with Crippen molar-refractivity contribution < 1.29 is 13.9 Å². The molecule has 0 amide bonds. The number of nitrogens with zero attached hydrogens (tertiary/aromatic N) is 2. The van der Waals surface area contributed by atoms with E-state index in [1.54, 1.807) is 6.92 Å². The second-order valence-electron chi connectivity index (χ2n) is 5.09. The molecule has 1 aromatic carbocycles. The first-order valence-corrected chi connectivity index (χ1v) is 7.36. The van der Waals surface area contributed by atoms with Gasteiger partial charge in [0.05, 0.1) is 5.02 Å². The Morgan fingerprint density at radius 2 is 2.04 bits per heavy atom. The molecule has 0 unspecified atom stereocenters. The third-order valence-corrected chi connectivity index (χ3v) is 3.46. The van der Waals surface area contributed by atoms with Gasteiger partial charge in [-0.3, -0.25) is 0 Å². The molecule has 2 aromatic heterocycles. The molecule has 3 rings (SSSR count). The van der Waals surface area contributed by atoms with Crippen molar-refractivity contribution >= 4 is 17.6 Å². The lowest BCUT2D eigenvalue weighted by Crippen LogP contribution is -2.09. The highest BCUT2D eigenvalue weighted by Crippen LogP contribution is 2.23. The summed E-state index contributed by atoms with van der Waals surface area (Å²) in [6.07, 6.45) is 0.835. The quantitative estimate of drug-likeness (QED) is 0.732. The van der Waals surface area contributed by atoms with E-state index in [2.05, 4.69) is 15.2 Å². The highest BCUT2D eigenvalue weighted by molar-refractivity contribution is 6.30. The van der Waals surface area contributed by atoms with Crippen LogP contribution in [-0.2, 0) is 4.74 Å². The predicted octanol–water partition coefficient (Wildman–Crippen LogP) is 3.94. The first kappa shape index (κ1) is 15.3. The summed E-state index contributed by atoms with van der Waals surface area (Å²) in [6.45, 7) is 3.66. The Morgan fingerprint density at radius 1 is 1.30 bits per heavy atom. The van der Waals surface area contributed by atoms with Crippen LogP contribution in [0.1, 0.15) is 35.0 Å². The number of aryl methyl sites for hydroxylation is 1. The Labute approximate surface area is 137 Å².